The third-order valence-electron chi connectivity index (χ3n) is 18.3. The number of aromatic nitrogens is 2. The number of carboxylic acids is 3. The Morgan fingerprint density at radius 2 is 0.616 bits per heavy atom. The Morgan fingerprint density at radius 1 is 0.283 bits per heavy atom. The Balaban J connectivity index is 0.000000206. The highest BCUT2D eigenvalue weighted by atomic mass is 16.5. The molecule has 0 radical (unpaired) electrons. The van der Waals surface area contributed by atoms with Crippen LogP contribution in [0.5, 0.6) is 63.4 Å². The van der Waals surface area contributed by atoms with Gasteiger partial charge >= 0.3 is 23.9 Å². The summed E-state index contributed by atoms with van der Waals surface area (Å²) in [5, 5.41) is 109. The number of carbonyl (C=O) groups excluding carboxylic acids is 9. The zero-order chi connectivity index (χ0) is 101. The molecule has 0 saturated heterocycles. The number of hydrogen-bond donors (Lipinski definition) is 18. The van der Waals surface area contributed by atoms with Gasteiger partial charge in [-0.3, -0.25) is 43.3 Å². The van der Waals surface area contributed by atoms with E-state index < -0.39 is 88.2 Å². The molecule has 2 heterocycles. The minimum Gasteiger partial charge on any atom is -0.507 e. The van der Waals surface area contributed by atoms with Gasteiger partial charge in [0.05, 0.1) is 104 Å². The van der Waals surface area contributed by atoms with Gasteiger partial charge in [-0.25, -0.2) is 24.2 Å². The highest BCUT2D eigenvalue weighted by Crippen LogP contribution is 2.37. The van der Waals surface area contributed by atoms with Crippen molar-refractivity contribution in [1.82, 2.24) is 9.97 Å². The quantitative estimate of drug-likeness (QED) is 0.0142. The van der Waals surface area contributed by atoms with Gasteiger partial charge in [0.2, 0.25) is 5.88 Å². The summed E-state index contributed by atoms with van der Waals surface area (Å²) in [5.41, 5.74) is 8.60. The normalized spacial score (nSPS) is 10.6. The first-order valence-corrected chi connectivity index (χ1v) is 42.3. The zero-order valence-electron chi connectivity index (χ0n) is 76.2. The molecule has 0 aliphatic rings. The monoisotopic (exact) mass is 1890 g/mol. The van der Waals surface area contributed by atoms with Crippen molar-refractivity contribution >= 4 is 122 Å². The van der Waals surface area contributed by atoms with Crippen LogP contribution in [0.25, 0.3) is 0 Å². The maximum Gasteiger partial charge on any atom is 0.338 e. The molecule has 0 saturated carbocycles. The van der Waals surface area contributed by atoms with Crippen LogP contribution in [-0.2, 0) is 4.74 Å². The van der Waals surface area contributed by atoms with Crippen molar-refractivity contribution in [1.29, 1.82) is 0 Å². The smallest absolute Gasteiger partial charge is 0.338 e. The van der Waals surface area contributed by atoms with Crippen molar-refractivity contribution in [3.05, 3.63) is 298 Å². The molecule has 0 atom stereocenters. The van der Waals surface area contributed by atoms with E-state index in [0.717, 1.165) is 6.07 Å². The number of rotatable bonds is 31. The van der Waals surface area contributed by atoms with E-state index in [1.807, 2.05) is 13.8 Å². The molecule has 0 aliphatic carbocycles. The summed E-state index contributed by atoms with van der Waals surface area (Å²) in [7, 11) is 0. The van der Waals surface area contributed by atoms with E-state index in [1.54, 1.807) is 142 Å². The number of carboxylic acid groups (broad SMARTS) is 3. The number of para-hydroxylation sites is 1. The van der Waals surface area contributed by atoms with Crippen LogP contribution >= 0.6 is 0 Å². The van der Waals surface area contributed by atoms with Crippen LogP contribution in [0.15, 0.2) is 231 Å². The van der Waals surface area contributed by atoms with E-state index in [2.05, 4.69) is 52.5 Å². The Labute approximate surface area is 789 Å². The fraction of sp³-hybridized carbons (Fsp3) is 0.180. The molecule has 138 heavy (non-hydrogen) atoms. The van der Waals surface area contributed by atoms with Crippen molar-refractivity contribution in [2.75, 3.05) is 48.3 Å². The summed E-state index contributed by atoms with van der Waals surface area (Å²) in [5.74, 6) is -10.0. The van der Waals surface area contributed by atoms with E-state index in [4.69, 9.17) is 34.2 Å². The number of esters is 1. The van der Waals surface area contributed by atoms with Gasteiger partial charge in [-0.2, -0.15) is 0 Å². The zero-order valence-corrected chi connectivity index (χ0v) is 76.2. The van der Waals surface area contributed by atoms with E-state index in [9.17, 15) is 103 Å². The minimum absolute atomic E-state index is 0.00366. The second-order valence-electron chi connectivity index (χ2n) is 31.4. The van der Waals surface area contributed by atoms with Gasteiger partial charge < -0.3 is 123 Å². The van der Waals surface area contributed by atoms with Crippen molar-refractivity contribution in [2.24, 2.45) is 0 Å². The molecule has 0 fully saturated rings. The highest BCUT2D eigenvalue weighted by molar-refractivity contribution is 6.13. The predicted octanol–water partition coefficient (Wildman–Crippen LogP) is 17.0. The first-order valence-electron chi connectivity index (χ1n) is 42.3. The van der Waals surface area contributed by atoms with Crippen molar-refractivity contribution in [3.63, 3.8) is 0 Å². The molecule has 38 nitrogen and oxygen atoms in total. The fourth-order valence-electron chi connectivity index (χ4n) is 12.2. The van der Waals surface area contributed by atoms with Crippen LogP contribution in [0, 0.1) is 0 Å². The number of ether oxygens (including phenoxy) is 6. The van der Waals surface area contributed by atoms with E-state index >= 15 is 0 Å². The molecule has 10 aromatic carbocycles. The molecule has 716 valence electrons. The predicted molar refractivity (Wildman–Crippen MR) is 511 cm³/mol. The second-order valence-corrected chi connectivity index (χ2v) is 31.4. The van der Waals surface area contributed by atoms with Gasteiger partial charge in [0.1, 0.15) is 80.1 Å². The van der Waals surface area contributed by atoms with Crippen LogP contribution in [0.1, 0.15) is 208 Å². The third kappa shape index (κ3) is 29.6. The summed E-state index contributed by atoms with van der Waals surface area (Å²) < 4.78 is 33.7. The largest absolute Gasteiger partial charge is 0.507 e. The second kappa shape index (κ2) is 47.7. The molecule has 38 heteroatoms. The number of aromatic carboxylic acids is 3. The summed E-state index contributed by atoms with van der Waals surface area (Å²) in [6, 6.07) is 52.7. The number of carbonyl (C=O) groups is 12. The lowest BCUT2D eigenvalue weighted by atomic mass is 10.1. The molecular weight excluding hydrogens is 1790 g/mol. The number of hydrogen-bond acceptors (Lipinski definition) is 27. The van der Waals surface area contributed by atoms with Crippen molar-refractivity contribution < 1.29 is 132 Å². The Kier molecular flexibility index (Phi) is 35.8. The lowest BCUT2D eigenvalue weighted by molar-refractivity contribution is 0.0375. The Morgan fingerprint density at radius 3 is 1.00 bits per heavy atom. The molecule has 0 unspecified atom stereocenters. The Bertz CT molecular complexity index is 6520. The van der Waals surface area contributed by atoms with Gasteiger partial charge in [-0.05, 0) is 265 Å². The Hall–Kier alpha value is -18.3. The van der Waals surface area contributed by atoms with E-state index in [1.165, 1.54) is 152 Å². The number of nitrogen functional groups attached to an aromatic ring is 1. The molecule has 0 spiro atoms. The fourth-order valence-corrected chi connectivity index (χ4v) is 12.2. The third-order valence-corrected chi connectivity index (χ3v) is 18.3. The van der Waals surface area contributed by atoms with Gasteiger partial charge in [0.25, 0.3) is 47.3 Å². The number of phenolic OH excluding ortho intramolecular Hbond substituents is 6. The first-order chi connectivity index (χ1) is 65.4. The molecule has 19 N–H and O–H groups in total. The van der Waals surface area contributed by atoms with Crippen LogP contribution in [-0.4, -0.2) is 164 Å². The highest BCUT2D eigenvalue weighted by Gasteiger charge is 2.27. The van der Waals surface area contributed by atoms with Gasteiger partial charge in [-0.15, -0.1) is 0 Å². The van der Waals surface area contributed by atoms with Crippen LogP contribution in [0.2, 0.25) is 0 Å². The summed E-state index contributed by atoms with van der Waals surface area (Å²) >= 11 is 0. The minimum atomic E-state index is -1.15. The number of amides is 8. The van der Waals surface area contributed by atoms with Crippen molar-refractivity contribution in [3.8, 4) is 63.4 Å². The van der Waals surface area contributed by atoms with E-state index in [-0.39, 0.29) is 167 Å². The molecule has 12 rings (SSSR count). The van der Waals surface area contributed by atoms with Crippen molar-refractivity contribution in [2.45, 2.75) is 120 Å². The standard InChI is InChI=1S/C29H34N4O6.C24H22N2O8.C24H22N2O7.C23H21N3O6/c1-16(2)37-25-15-20(29(36)39-18(5)6)9-12-22(25)31-27(35)23-13-14-24(28(33-23)38-17(3)4)32-26(34)19-7-10-21(30)11-8-19;1-12(2)34-20-10-13(24(32)33)6-9-16(20)26-22(30)15-8-7-14(11-19(15)29)25-23(31)21-17(27)4-3-5-18(21)28;1-13(2)33-21-11-14(24(31)32)7-10-18(21)26-23(30)17-9-8-15(12-20(17)28)25-22(29)16-5-3-4-6-19(16)27;1-13(2)32-20-11-14(23(30)31)6-9-17(20)26-21(28)16-8-7-15(12-19(16)27)25-22(29)18-5-3-4-10-24-18/h7-18H,30H2,1-6H3,(H,31,35)(H,32,34);3-12,27-29H,1-2H3,(H,25,31)(H,26,30)(H,32,33);3-13,27-28H,1-2H3,(H,25,29)(H,26,30)(H,31,32);3-13,27H,1-2H3,(H,25,29)(H,26,28)(H,30,31). The topological polar surface area (TPSA) is 590 Å². The number of aromatic hydroxyl groups is 6. The summed E-state index contributed by atoms with van der Waals surface area (Å²) in [6.07, 6.45) is -0.106. The first kappa shape index (κ1) is 103. The number of phenols is 6. The van der Waals surface area contributed by atoms with Crippen LogP contribution < -0.4 is 72.0 Å². The average Bonchev–Trinajstić information content (AvgIpc) is 0.825. The van der Waals surface area contributed by atoms with E-state index in [0.29, 0.717) is 33.9 Å². The van der Waals surface area contributed by atoms with Crippen LogP contribution in [0.4, 0.5) is 51.2 Å². The average molecular weight is 1890 g/mol. The molecule has 2 aromatic heterocycles. The van der Waals surface area contributed by atoms with Gasteiger partial charge in [-0.1, -0.05) is 24.3 Å². The summed E-state index contributed by atoms with van der Waals surface area (Å²) in [6.45, 7) is 21.3. The molecular formula is C100H99N11O27. The lowest BCUT2D eigenvalue weighted by Crippen LogP contribution is -2.19. The lowest BCUT2D eigenvalue weighted by Gasteiger charge is -2.17. The number of nitrogens with two attached hydrogens (primary N) is 1. The van der Waals surface area contributed by atoms with Gasteiger partial charge in [0.15, 0.2) is 0 Å². The number of anilines is 9. The maximum absolute atomic E-state index is 13.2. The molecule has 0 aliphatic heterocycles. The molecule has 8 amide bonds. The van der Waals surface area contributed by atoms with Gasteiger partial charge in [0, 0.05) is 52.7 Å². The SMILES string of the molecule is CC(C)OC(=O)c1ccc(NC(=O)c2ccc(NC(=O)c3ccc(N)cc3)c(OC(C)C)n2)c(OC(C)C)c1.CC(C)Oc1cc(C(=O)O)ccc1NC(=O)c1ccc(NC(=O)c2c(O)cccc2O)cc1O.CC(C)Oc1cc(C(=O)O)ccc1NC(=O)c1ccc(NC(=O)c2ccccc2O)cc1O.CC(C)Oc1cc(C(=O)O)ccc1NC(=O)c1ccc(NC(=O)c2ccccn2)cc1O. The maximum atomic E-state index is 13.2. The molecule has 0 bridgehead atoms. The number of nitrogens with zero attached hydrogens (tertiary/aromatic N) is 2. The number of nitrogens with one attached hydrogen (secondary N) is 8. The van der Waals surface area contributed by atoms with Crippen LogP contribution in [0.3, 0.4) is 0 Å². The number of pyridine rings is 2. The summed E-state index contributed by atoms with van der Waals surface area (Å²) in [4.78, 5) is 155. The molecule has 12 aromatic rings. The number of benzene rings is 10.